The standard InChI is InChI=1S/C24H26N4O4S/c29-21(15-26-23(30)20-10-4-12-32-20)28(16-19-9-5-13-33-19)22(17-6-3-11-25-14-17)24(31)27-18-7-1-2-8-18/h3-6,9-14,18,22H,1-2,7-8,15-16H2,(H,26,30)(H,27,31)/t22-/m1/s1. The molecular formula is C24H26N4O4S. The van der Waals surface area contributed by atoms with Crippen molar-refractivity contribution in [2.45, 2.75) is 44.3 Å². The Kier molecular flexibility index (Phi) is 7.51. The van der Waals surface area contributed by atoms with Crippen molar-refractivity contribution in [1.82, 2.24) is 20.5 Å². The van der Waals surface area contributed by atoms with Crippen LogP contribution >= 0.6 is 11.3 Å². The van der Waals surface area contributed by atoms with Crippen molar-refractivity contribution in [3.8, 4) is 0 Å². The predicted octanol–water partition coefficient (Wildman–Crippen LogP) is 3.29. The van der Waals surface area contributed by atoms with Crippen molar-refractivity contribution < 1.29 is 18.8 Å². The molecule has 0 spiro atoms. The quantitative estimate of drug-likeness (QED) is 0.504. The number of hydrogen-bond donors (Lipinski definition) is 2. The molecule has 33 heavy (non-hydrogen) atoms. The number of carbonyl (C=O) groups excluding carboxylic acids is 3. The number of aromatic nitrogens is 1. The van der Waals surface area contributed by atoms with Gasteiger partial charge in [-0.25, -0.2) is 0 Å². The van der Waals surface area contributed by atoms with Gasteiger partial charge in [0.15, 0.2) is 5.76 Å². The fraction of sp³-hybridized carbons (Fsp3) is 0.333. The molecule has 3 aromatic heterocycles. The average Bonchev–Trinajstić information content (AvgIpc) is 3.61. The highest BCUT2D eigenvalue weighted by molar-refractivity contribution is 7.09. The molecule has 8 nitrogen and oxygen atoms in total. The van der Waals surface area contributed by atoms with Crippen LogP contribution in [0.15, 0.2) is 64.9 Å². The van der Waals surface area contributed by atoms with E-state index < -0.39 is 11.9 Å². The van der Waals surface area contributed by atoms with Crippen LogP contribution in [0.1, 0.15) is 52.7 Å². The fourth-order valence-corrected chi connectivity index (χ4v) is 4.71. The maximum atomic E-state index is 13.5. The lowest BCUT2D eigenvalue weighted by atomic mass is 10.0. The van der Waals surface area contributed by atoms with E-state index in [1.54, 1.807) is 30.6 Å². The Morgan fingerprint density at radius 2 is 2.00 bits per heavy atom. The van der Waals surface area contributed by atoms with Crippen LogP contribution in [0.25, 0.3) is 0 Å². The SMILES string of the molecule is O=C(NCC(=O)N(Cc1cccs1)[C@@H](C(=O)NC1CCCC1)c1cccnc1)c1ccco1. The Balaban J connectivity index is 1.58. The second-order valence-corrected chi connectivity index (χ2v) is 8.97. The predicted molar refractivity (Wildman–Crippen MR) is 123 cm³/mol. The zero-order valence-electron chi connectivity index (χ0n) is 18.1. The van der Waals surface area contributed by atoms with Crippen molar-refractivity contribution >= 4 is 29.1 Å². The van der Waals surface area contributed by atoms with E-state index in [-0.39, 0.29) is 36.7 Å². The summed E-state index contributed by atoms with van der Waals surface area (Å²) in [5.41, 5.74) is 0.621. The maximum Gasteiger partial charge on any atom is 0.287 e. The summed E-state index contributed by atoms with van der Waals surface area (Å²) in [5.74, 6) is -0.982. The molecule has 0 unspecified atom stereocenters. The van der Waals surface area contributed by atoms with E-state index in [0.29, 0.717) is 5.56 Å². The molecule has 1 atom stereocenters. The molecule has 1 fully saturated rings. The van der Waals surface area contributed by atoms with Crippen LogP contribution in [-0.2, 0) is 16.1 Å². The molecule has 0 aromatic carbocycles. The Bertz CT molecular complexity index is 1050. The van der Waals surface area contributed by atoms with Gasteiger partial charge in [0.25, 0.3) is 5.91 Å². The first-order valence-electron chi connectivity index (χ1n) is 11.0. The first-order chi connectivity index (χ1) is 16.1. The summed E-state index contributed by atoms with van der Waals surface area (Å²) in [6, 6.07) is 9.73. The van der Waals surface area contributed by atoms with E-state index in [1.165, 1.54) is 28.6 Å². The molecule has 1 saturated carbocycles. The van der Waals surface area contributed by atoms with Gasteiger partial charge in [0.05, 0.1) is 19.4 Å². The highest BCUT2D eigenvalue weighted by Crippen LogP contribution is 2.26. The molecule has 172 valence electrons. The van der Waals surface area contributed by atoms with Crippen molar-refractivity contribution in [1.29, 1.82) is 0 Å². The van der Waals surface area contributed by atoms with Crippen LogP contribution in [0.3, 0.4) is 0 Å². The zero-order chi connectivity index (χ0) is 23.0. The molecule has 3 aromatic rings. The minimum atomic E-state index is -0.866. The van der Waals surface area contributed by atoms with Gasteiger partial charge in [-0.3, -0.25) is 19.4 Å². The van der Waals surface area contributed by atoms with Crippen LogP contribution < -0.4 is 10.6 Å². The van der Waals surface area contributed by atoms with E-state index in [1.807, 2.05) is 17.5 Å². The smallest absolute Gasteiger partial charge is 0.287 e. The third-order valence-electron chi connectivity index (χ3n) is 5.63. The van der Waals surface area contributed by atoms with E-state index in [9.17, 15) is 14.4 Å². The number of hydrogen-bond acceptors (Lipinski definition) is 6. The van der Waals surface area contributed by atoms with Gasteiger partial charge in [0, 0.05) is 28.9 Å². The summed E-state index contributed by atoms with van der Waals surface area (Å²) in [7, 11) is 0. The van der Waals surface area contributed by atoms with Crippen LogP contribution in [0.4, 0.5) is 0 Å². The number of nitrogens with one attached hydrogen (secondary N) is 2. The number of amides is 3. The lowest BCUT2D eigenvalue weighted by Gasteiger charge is -2.32. The Morgan fingerprint density at radius 3 is 2.67 bits per heavy atom. The molecule has 4 rings (SSSR count). The Labute approximate surface area is 196 Å². The molecule has 0 bridgehead atoms. The Morgan fingerprint density at radius 1 is 1.15 bits per heavy atom. The molecule has 9 heteroatoms. The van der Waals surface area contributed by atoms with Crippen LogP contribution in [0.5, 0.6) is 0 Å². The molecule has 3 heterocycles. The maximum absolute atomic E-state index is 13.5. The van der Waals surface area contributed by atoms with Gasteiger partial charge in [-0.05, 0) is 42.5 Å². The summed E-state index contributed by atoms with van der Waals surface area (Å²) >= 11 is 1.50. The van der Waals surface area contributed by atoms with E-state index in [2.05, 4.69) is 15.6 Å². The van der Waals surface area contributed by atoms with Gasteiger partial charge < -0.3 is 20.0 Å². The largest absolute Gasteiger partial charge is 0.459 e. The van der Waals surface area contributed by atoms with Gasteiger partial charge in [-0.2, -0.15) is 0 Å². The summed E-state index contributed by atoms with van der Waals surface area (Å²) < 4.78 is 5.09. The minimum absolute atomic E-state index is 0.106. The third kappa shape index (κ3) is 5.87. The first kappa shape index (κ1) is 22.7. The van der Waals surface area contributed by atoms with Gasteiger partial charge in [0.2, 0.25) is 11.8 Å². The average molecular weight is 467 g/mol. The molecule has 0 radical (unpaired) electrons. The monoisotopic (exact) mass is 466 g/mol. The summed E-state index contributed by atoms with van der Waals surface area (Å²) in [6.45, 7) is -0.0247. The summed E-state index contributed by atoms with van der Waals surface area (Å²) in [6.07, 6.45) is 8.66. The summed E-state index contributed by atoms with van der Waals surface area (Å²) in [4.78, 5) is 45.8. The van der Waals surface area contributed by atoms with Crippen molar-refractivity contribution in [3.63, 3.8) is 0 Å². The minimum Gasteiger partial charge on any atom is -0.459 e. The number of pyridine rings is 1. The second-order valence-electron chi connectivity index (χ2n) is 7.94. The van der Waals surface area contributed by atoms with Crippen LogP contribution in [0.2, 0.25) is 0 Å². The van der Waals surface area contributed by atoms with Gasteiger partial charge in [-0.15, -0.1) is 11.3 Å². The normalized spacial score (nSPS) is 14.5. The molecule has 2 N–H and O–H groups in total. The number of furan rings is 1. The number of rotatable bonds is 9. The zero-order valence-corrected chi connectivity index (χ0v) is 18.9. The number of thiophene rings is 1. The van der Waals surface area contributed by atoms with Crippen molar-refractivity contribution in [2.75, 3.05) is 6.54 Å². The van der Waals surface area contributed by atoms with Gasteiger partial charge in [0.1, 0.15) is 6.04 Å². The number of carbonyl (C=O) groups is 3. The van der Waals surface area contributed by atoms with Crippen molar-refractivity contribution in [2.24, 2.45) is 0 Å². The van der Waals surface area contributed by atoms with Crippen molar-refractivity contribution in [3.05, 3.63) is 76.6 Å². The molecule has 3 amide bonds. The second kappa shape index (κ2) is 10.9. The van der Waals surface area contributed by atoms with Gasteiger partial charge in [-0.1, -0.05) is 25.0 Å². The molecule has 1 aliphatic carbocycles. The fourth-order valence-electron chi connectivity index (χ4n) is 4.01. The topological polar surface area (TPSA) is 105 Å². The lowest BCUT2D eigenvalue weighted by Crippen LogP contribution is -2.48. The van der Waals surface area contributed by atoms with Crippen LogP contribution in [0, 0.1) is 0 Å². The van der Waals surface area contributed by atoms with E-state index >= 15 is 0 Å². The van der Waals surface area contributed by atoms with E-state index in [0.717, 1.165) is 30.6 Å². The molecule has 1 aliphatic rings. The molecular weight excluding hydrogens is 440 g/mol. The van der Waals surface area contributed by atoms with E-state index in [4.69, 9.17) is 4.42 Å². The first-order valence-corrected chi connectivity index (χ1v) is 11.8. The lowest BCUT2D eigenvalue weighted by molar-refractivity contribution is -0.141. The van der Waals surface area contributed by atoms with Gasteiger partial charge >= 0.3 is 0 Å². The highest BCUT2D eigenvalue weighted by Gasteiger charge is 2.33. The Hall–Kier alpha value is -3.46. The highest BCUT2D eigenvalue weighted by atomic mass is 32.1. The number of nitrogens with zero attached hydrogens (tertiary/aromatic N) is 2. The molecule has 0 saturated heterocycles. The third-order valence-corrected chi connectivity index (χ3v) is 6.49. The molecule has 0 aliphatic heterocycles. The summed E-state index contributed by atoms with van der Waals surface area (Å²) in [5, 5.41) is 7.64. The van der Waals surface area contributed by atoms with Crippen LogP contribution in [-0.4, -0.2) is 40.2 Å².